The SMILES string of the molecule is O=C(NC1CC1)c1ccc(Nc2nc3c(-c4cnn(CC(=O)N5CCOCC5)c4)cccn3n2)cc1. The number of anilines is 2. The van der Waals surface area contributed by atoms with Crippen LogP contribution in [0.2, 0.25) is 0 Å². The summed E-state index contributed by atoms with van der Waals surface area (Å²) in [6.07, 6.45) is 7.52. The molecular weight excluding hydrogens is 460 g/mol. The molecule has 0 radical (unpaired) electrons. The van der Waals surface area contributed by atoms with E-state index in [1.165, 1.54) is 0 Å². The number of nitrogens with one attached hydrogen (secondary N) is 2. The van der Waals surface area contributed by atoms with Crippen molar-refractivity contribution in [3.8, 4) is 11.1 Å². The highest BCUT2D eigenvalue weighted by atomic mass is 16.5. The molecule has 4 aromatic rings. The summed E-state index contributed by atoms with van der Waals surface area (Å²) >= 11 is 0. The number of nitrogens with zero attached hydrogens (tertiary/aromatic N) is 6. The summed E-state index contributed by atoms with van der Waals surface area (Å²) in [6, 6.07) is 11.4. The van der Waals surface area contributed by atoms with E-state index in [0.29, 0.717) is 49.5 Å². The fourth-order valence-corrected chi connectivity index (χ4v) is 4.16. The van der Waals surface area contributed by atoms with E-state index in [9.17, 15) is 9.59 Å². The summed E-state index contributed by atoms with van der Waals surface area (Å²) in [4.78, 5) is 31.2. The summed E-state index contributed by atoms with van der Waals surface area (Å²) in [5, 5.41) is 15.1. The number of rotatable bonds is 7. The molecule has 1 aromatic carbocycles. The molecule has 2 fully saturated rings. The Kier molecular flexibility index (Phi) is 5.82. The van der Waals surface area contributed by atoms with E-state index in [2.05, 4.69) is 25.8 Å². The number of morpholine rings is 1. The number of fused-ring (bicyclic) bond motifs is 1. The summed E-state index contributed by atoms with van der Waals surface area (Å²) in [6.45, 7) is 2.54. The van der Waals surface area contributed by atoms with Gasteiger partial charge in [-0.3, -0.25) is 14.3 Å². The van der Waals surface area contributed by atoms with Crippen LogP contribution >= 0.6 is 0 Å². The average molecular weight is 487 g/mol. The summed E-state index contributed by atoms with van der Waals surface area (Å²) in [5.74, 6) is 0.412. The molecule has 11 heteroatoms. The lowest BCUT2D eigenvalue weighted by atomic mass is 10.1. The highest BCUT2D eigenvalue weighted by molar-refractivity contribution is 5.95. The van der Waals surface area contributed by atoms with E-state index < -0.39 is 0 Å². The van der Waals surface area contributed by atoms with Crippen molar-refractivity contribution in [2.24, 2.45) is 0 Å². The van der Waals surface area contributed by atoms with Crippen LogP contribution in [0.1, 0.15) is 23.2 Å². The Labute approximate surface area is 207 Å². The zero-order valence-electron chi connectivity index (χ0n) is 19.6. The zero-order valence-corrected chi connectivity index (χ0v) is 19.6. The van der Waals surface area contributed by atoms with Gasteiger partial charge in [-0.15, -0.1) is 5.10 Å². The molecule has 184 valence electrons. The molecule has 0 unspecified atom stereocenters. The number of pyridine rings is 1. The molecule has 36 heavy (non-hydrogen) atoms. The summed E-state index contributed by atoms with van der Waals surface area (Å²) < 4.78 is 8.66. The molecule has 1 aliphatic carbocycles. The van der Waals surface area contributed by atoms with Crippen LogP contribution in [0.3, 0.4) is 0 Å². The third-order valence-electron chi connectivity index (χ3n) is 6.28. The topological polar surface area (TPSA) is 119 Å². The Morgan fingerprint density at radius 2 is 1.89 bits per heavy atom. The third-order valence-corrected chi connectivity index (χ3v) is 6.28. The highest BCUT2D eigenvalue weighted by Gasteiger charge is 2.23. The number of carbonyl (C=O) groups is 2. The predicted molar refractivity (Wildman–Crippen MR) is 132 cm³/mol. The first-order chi connectivity index (χ1) is 17.6. The standard InChI is InChI=1S/C25H26N8O3/c34-22(31-10-12-36-13-11-31)16-32-15-18(14-26-32)21-2-1-9-33-23(21)29-25(30-33)28-20-5-3-17(4-6-20)24(35)27-19-7-8-19/h1-6,9,14-15,19H,7-8,10-13,16H2,(H,27,35)(H,28,30). The van der Waals surface area contributed by atoms with Crippen LogP contribution in [0.25, 0.3) is 16.8 Å². The second-order valence-electron chi connectivity index (χ2n) is 9.00. The van der Waals surface area contributed by atoms with E-state index in [-0.39, 0.29) is 18.4 Å². The number of benzene rings is 1. The van der Waals surface area contributed by atoms with Crippen LogP contribution in [0.15, 0.2) is 55.0 Å². The largest absolute Gasteiger partial charge is 0.378 e. The van der Waals surface area contributed by atoms with Crippen LogP contribution in [0, 0.1) is 0 Å². The molecular formula is C25H26N8O3. The smallest absolute Gasteiger partial charge is 0.251 e. The third kappa shape index (κ3) is 4.78. The normalized spacial score (nSPS) is 15.7. The lowest BCUT2D eigenvalue weighted by molar-refractivity contribution is -0.136. The maximum Gasteiger partial charge on any atom is 0.251 e. The van der Waals surface area contributed by atoms with E-state index in [1.54, 1.807) is 32.4 Å². The summed E-state index contributed by atoms with van der Waals surface area (Å²) in [5.41, 5.74) is 3.78. The monoisotopic (exact) mass is 486 g/mol. The predicted octanol–water partition coefficient (Wildman–Crippen LogP) is 2.09. The highest BCUT2D eigenvalue weighted by Crippen LogP contribution is 2.25. The first-order valence-corrected chi connectivity index (χ1v) is 12.0. The van der Waals surface area contributed by atoms with Crippen LogP contribution in [0.4, 0.5) is 11.6 Å². The zero-order chi connectivity index (χ0) is 24.5. The van der Waals surface area contributed by atoms with Gasteiger partial charge in [0.05, 0.1) is 19.4 Å². The lowest BCUT2D eigenvalue weighted by Crippen LogP contribution is -2.42. The van der Waals surface area contributed by atoms with Gasteiger partial charge in [-0.05, 0) is 49.2 Å². The maximum atomic E-state index is 12.6. The van der Waals surface area contributed by atoms with E-state index in [0.717, 1.165) is 29.7 Å². The molecule has 4 heterocycles. The number of hydrogen-bond donors (Lipinski definition) is 2. The molecule has 1 aliphatic heterocycles. The molecule has 2 amide bonds. The van der Waals surface area contributed by atoms with Gasteiger partial charge in [0.25, 0.3) is 5.91 Å². The Morgan fingerprint density at radius 1 is 1.08 bits per heavy atom. The van der Waals surface area contributed by atoms with E-state index >= 15 is 0 Å². The van der Waals surface area contributed by atoms with Crippen molar-refractivity contribution in [1.29, 1.82) is 0 Å². The van der Waals surface area contributed by atoms with Crippen molar-refractivity contribution >= 4 is 29.1 Å². The van der Waals surface area contributed by atoms with Gasteiger partial charge in [0, 0.05) is 53.9 Å². The Bertz CT molecular complexity index is 1400. The van der Waals surface area contributed by atoms with Gasteiger partial charge < -0.3 is 20.3 Å². The van der Waals surface area contributed by atoms with Crippen LogP contribution in [0.5, 0.6) is 0 Å². The molecule has 0 atom stereocenters. The lowest BCUT2D eigenvalue weighted by Gasteiger charge is -2.26. The van der Waals surface area contributed by atoms with Crippen LogP contribution in [-0.2, 0) is 16.1 Å². The first kappa shape index (κ1) is 22.2. The van der Waals surface area contributed by atoms with Crippen molar-refractivity contribution in [2.75, 3.05) is 31.6 Å². The Balaban J connectivity index is 1.17. The van der Waals surface area contributed by atoms with Crippen molar-refractivity contribution < 1.29 is 14.3 Å². The van der Waals surface area contributed by atoms with Crippen molar-refractivity contribution in [1.82, 2.24) is 34.6 Å². The fraction of sp³-hybridized carbons (Fsp3) is 0.320. The molecule has 1 saturated heterocycles. The van der Waals surface area contributed by atoms with Crippen molar-refractivity contribution in [3.05, 3.63) is 60.6 Å². The van der Waals surface area contributed by atoms with E-state index in [4.69, 9.17) is 4.74 Å². The van der Waals surface area contributed by atoms with Gasteiger partial charge in [-0.2, -0.15) is 10.1 Å². The molecule has 3 aromatic heterocycles. The van der Waals surface area contributed by atoms with Gasteiger partial charge in [0.2, 0.25) is 11.9 Å². The minimum absolute atomic E-state index is 0.0242. The Hall–Kier alpha value is -4.25. The summed E-state index contributed by atoms with van der Waals surface area (Å²) in [7, 11) is 0. The van der Waals surface area contributed by atoms with Crippen LogP contribution in [-0.4, -0.2) is 73.4 Å². The molecule has 0 bridgehead atoms. The first-order valence-electron chi connectivity index (χ1n) is 12.0. The quantitative estimate of drug-likeness (QED) is 0.411. The number of ether oxygens (including phenoxy) is 1. The molecule has 11 nitrogen and oxygen atoms in total. The van der Waals surface area contributed by atoms with Crippen LogP contribution < -0.4 is 10.6 Å². The molecule has 2 N–H and O–H groups in total. The average Bonchev–Trinajstić information content (AvgIpc) is 3.43. The van der Waals surface area contributed by atoms with Crippen molar-refractivity contribution in [2.45, 2.75) is 25.4 Å². The fourth-order valence-electron chi connectivity index (χ4n) is 4.16. The minimum atomic E-state index is -0.0493. The minimum Gasteiger partial charge on any atom is -0.378 e. The van der Waals surface area contributed by atoms with Gasteiger partial charge in [-0.25, -0.2) is 4.52 Å². The van der Waals surface area contributed by atoms with Gasteiger partial charge in [0.15, 0.2) is 5.65 Å². The van der Waals surface area contributed by atoms with Gasteiger partial charge >= 0.3 is 0 Å². The molecule has 0 spiro atoms. The second kappa shape index (κ2) is 9.42. The van der Waals surface area contributed by atoms with E-state index in [1.807, 2.05) is 36.7 Å². The molecule has 6 rings (SSSR count). The maximum absolute atomic E-state index is 12.6. The van der Waals surface area contributed by atoms with Crippen molar-refractivity contribution in [3.63, 3.8) is 0 Å². The van der Waals surface area contributed by atoms with Gasteiger partial charge in [0.1, 0.15) is 6.54 Å². The molecule has 1 saturated carbocycles. The number of hydrogen-bond acceptors (Lipinski definition) is 7. The number of amides is 2. The van der Waals surface area contributed by atoms with Gasteiger partial charge in [-0.1, -0.05) is 0 Å². The second-order valence-corrected chi connectivity index (χ2v) is 9.00. The molecule has 2 aliphatic rings. The number of carbonyl (C=O) groups excluding carboxylic acids is 2. The number of aromatic nitrogens is 5. The Morgan fingerprint density at radius 3 is 2.67 bits per heavy atom.